The van der Waals surface area contributed by atoms with E-state index in [1.165, 1.54) is 0 Å². The number of para-hydroxylation sites is 1. The number of ether oxygens (including phenoxy) is 2. The molecule has 5 rings (SSSR count). The lowest BCUT2D eigenvalue weighted by molar-refractivity contribution is 0.0730. The van der Waals surface area contributed by atoms with Gasteiger partial charge in [-0.15, -0.1) is 11.8 Å². The van der Waals surface area contributed by atoms with Gasteiger partial charge in [0.2, 0.25) is 5.76 Å². The summed E-state index contributed by atoms with van der Waals surface area (Å²) in [5.74, 6) is 1.13. The summed E-state index contributed by atoms with van der Waals surface area (Å²) in [5, 5.41) is 0.478. The number of hydrogen-bond donors (Lipinski definition) is 0. The molecule has 0 unspecified atom stereocenters. The summed E-state index contributed by atoms with van der Waals surface area (Å²) < 4.78 is 16.8. The van der Waals surface area contributed by atoms with Crippen molar-refractivity contribution in [2.24, 2.45) is 0 Å². The van der Waals surface area contributed by atoms with Crippen LogP contribution in [0.2, 0.25) is 0 Å². The largest absolute Gasteiger partial charge is 0.493 e. The molecular formula is C28H25NO5S. The Morgan fingerprint density at radius 3 is 2.40 bits per heavy atom. The number of nitrogens with zero attached hydrogens (tertiary/aromatic N) is 1. The van der Waals surface area contributed by atoms with Crippen LogP contribution >= 0.6 is 11.8 Å². The molecule has 0 saturated carbocycles. The SMILES string of the molecule is COc1ccc(CCN2C(=O)c3oc4ccccc4c(=O)c3[C@@H]2c2ccc(SC)cc2)cc1OC. The van der Waals surface area contributed by atoms with Crippen LogP contribution in [0, 0.1) is 0 Å². The molecule has 1 atom stereocenters. The average Bonchev–Trinajstić information content (AvgIpc) is 3.18. The Kier molecular flexibility index (Phi) is 6.26. The number of rotatable bonds is 7. The maximum Gasteiger partial charge on any atom is 0.290 e. The summed E-state index contributed by atoms with van der Waals surface area (Å²) in [5.41, 5.74) is 2.53. The smallest absolute Gasteiger partial charge is 0.290 e. The number of thioether (sulfide) groups is 1. The van der Waals surface area contributed by atoms with Crippen molar-refractivity contribution in [1.82, 2.24) is 4.90 Å². The highest BCUT2D eigenvalue weighted by molar-refractivity contribution is 7.98. The van der Waals surface area contributed by atoms with Crippen LogP contribution in [0.1, 0.15) is 33.3 Å². The zero-order valence-corrected chi connectivity index (χ0v) is 20.6. The Hall–Kier alpha value is -3.71. The fourth-order valence-electron chi connectivity index (χ4n) is 4.62. The maximum absolute atomic E-state index is 13.6. The van der Waals surface area contributed by atoms with E-state index >= 15 is 0 Å². The first-order chi connectivity index (χ1) is 17.0. The summed E-state index contributed by atoms with van der Waals surface area (Å²) in [6.07, 6.45) is 2.59. The molecule has 0 spiro atoms. The van der Waals surface area contributed by atoms with Crippen LogP contribution in [-0.4, -0.2) is 37.8 Å². The molecule has 6 nitrogen and oxygen atoms in total. The summed E-state index contributed by atoms with van der Waals surface area (Å²) in [6.45, 7) is 0.406. The van der Waals surface area contributed by atoms with Crippen LogP contribution in [0.5, 0.6) is 11.5 Å². The van der Waals surface area contributed by atoms with Gasteiger partial charge in [-0.05, 0) is 60.2 Å². The van der Waals surface area contributed by atoms with Crippen molar-refractivity contribution in [3.8, 4) is 11.5 Å². The fourth-order valence-corrected chi connectivity index (χ4v) is 5.02. The van der Waals surface area contributed by atoms with Gasteiger partial charge in [-0.2, -0.15) is 0 Å². The number of amides is 1. The van der Waals surface area contributed by atoms with Gasteiger partial charge in [0.15, 0.2) is 16.9 Å². The van der Waals surface area contributed by atoms with E-state index in [2.05, 4.69) is 0 Å². The molecule has 3 aromatic carbocycles. The van der Waals surface area contributed by atoms with Gasteiger partial charge in [-0.25, -0.2) is 0 Å². The molecule has 35 heavy (non-hydrogen) atoms. The molecule has 0 bridgehead atoms. The van der Waals surface area contributed by atoms with Crippen molar-refractivity contribution in [3.63, 3.8) is 0 Å². The first-order valence-corrected chi connectivity index (χ1v) is 12.5. The lowest BCUT2D eigenvalue weighted by Crippen LogP contribution is -2.31. The molecule has 0 radical (unpaired) electrons. The first kappa shape index (κ1) is 23.1. The van der Waals surface area contributed by atoms with Gasteiger partial charge in [-0.3, -0.25) is 9.59 Å². The molecule has 1 amide bonds. The molecule has 7 heteroatoms. The van der Waals surface area contributed by atoms with Crippen LogP contribution in [0.3, 0.4) is 0 Å². The Bertz CT molecular complexity index is 1460. The van der Waals surface area contributed by atoms with Crippen LogP contribution in [0.25, 0.3) is 11.0 Å². The highest BCUT2D eigenvalue weighted by atomic mass is 32.2. The van der Waals surface area contributed by atoms with E-state index in [-0.39, 0.29) is 17.1 Å². The summed E-state index contributed by atoms with van der Waals surface area (Å²) in [6, 6.07) is 20.2. The van der Waals surface area contributed by atoms with Gasteiger partial charge < -0.3 is 18.8 Å². The number of benzene rings is 3. The van der Waals surface area contributed by atoms with E-state index in [9.17, 15) is 9.59 Å². The van der Waals surface area contributed by atoms with E-state index in [1.54, 1.807) is 55.1 Å². The van der Waals surface area contributed by atoms with Crippen molar-refractivity contribution in [1.29, 1.82) is 0 Å². The van der Waals surface area contributed by atoms with Crippen molar-refractivity contribution >= 4 is 28.6 Å². The molecule has 0 fully saturated rings. The molecule has 0 N–H and O–H groups in total. The van der Waals surface area contributed by atoms with Crippen LogP contribution in [-0.2, 0) is 6.42 Å². The van der Waals surface area contributed by atoms with Gasteiger partial charge in [-0.1, -0.05) is 30.3 Å². The molecule has 178 valence electrons. The predicted molar refractivity (Wildman–Crippen MR) is 137 cm³/mol. The molecule has 1 aliphatic rings. The molecule has 1 aliphatic heterocycles. The van der Waals surface area contributed by atoms with Crippen molar-refractivity contribution in [3.05, 3.63) is 99.4 Å². The lowest BCUT2D eigenvalue weighted by Gasteiger charge is -2.25. The highest BCUT2D eigenvalue weighted by Crippen LogP contribution is 2.39. The van der Waals surface area contributed by atoms with E-state index in [4.69, 9.17) is 13.9 Å². The maximum atomic E-state index is 13.6. The molecular weight excluding hydrogens is 462 g/mol. The minimum Gasteiger partial charge on any atom is -0.493 e. The Labute approximate surface area is 207 Å². The highest BCUT2D eigenvalue weighted by Gasteiger charge is 2.42. The third-order valence-electron chi connectivity index (χ3n) is 6.39. The lowest BCUT2D eigenvalue weighted by atomic mass is 9.98. The minimum atomic E-state index is -0.519. The zero-order chi connectivity index (χ0) is 24.5. The molecule has 0 saturated heterocycles. The Morgan fingerprint density at radius 2 is 1.69 bits per heavy atom. The molecule has 1 aromatic heterocycles. The van der Waals surface area contributed by atoms with Crippen LogP contribution < -0.4 is 14.9 Å². The quantitative estimate of drug-likeness (QED) is 0.329. The van der Waals surface area contributed by atoms with E-state index in [1.807, 2.05) is 48.7 Å². The van der Waals surface area contributed by atoms with Gasteiger partial charge in [0.25, 0.3) is 5.91 Å². The number of carbonyl (C=O) groups excluding carboxylic acids is 1. The van der Waals surface area contributed by atoms with E-state index in [0.29, 0.717) is 41.0 Å². The van der Waals surface area contributed by atoms with Crippen LogP contribution in [0.15, 0.2) is 80.8 Å². The second-order valence-corrected chi connectivity index (χ2v) is 9.16. The third-order valence-corrected chi connectivity index (χ3v) is 7.14. The minimum absolute atomic E-state index is 0.125. The van der Waals surface area contributed by atoms with Crippen molar-refractivity contribution in [2.75, 3.05) is 27.0 Å². The number of carbonyl (C=O) groups is 1. The standard InChI is InChI=1S/C28H25NO5S/c1-32-22-13-8-17(16-23(22)33-2)14-15-29-25(18-9-11-19(35-3)12-10-18)24-26(30)20-6-4-5-7-21(20)34-27(24)28(29)31/h4-13,16,25H,14-15H2,1-3H3/t25-/m0/s1. The zero-order valence-electron chi connectivity index (χ0n) is 19.7. The second-order valence-electron chi connectivity index (χ2n) is 8.28. The number of methoxy groups -OCH3 is 2. The van der Waals surface area contributed by atoms with Gasteiger partial charge >= 0.3 is 0 Å². The molecule has 2 heterocycles. The van der Waals surface area contributed by atoms with E-state index in [0.717, 1.165) is 16.0 Å². The van der Waals surface area contributed by atoms with Crippen molar-refractivity contribution < 1.29 is 18.7 Å². The van der Waals surface area contributed by atoms with Gasteiger partial charge in [0.1, 0.15) is 5.58 Å². The number of fused-ring (bicyclic) bond motifs is 2. The monoisotopic (exact) mass is 487 g/mol. The predicted octanol–water partition coefficient (Wildman–Crippen LogP) is 5.32. The van der Waals surface area contributed by atoms with Crippen molar-refractivity contribution in [2.45, 2.75) is 17.4 Å². The van der Waals surface area contributed by atoms with Gasteiger partial charge in [0, 0.05) is 11.4 Å². The topological polar surface area (TPSA) is 69.0 Å². The normalized spacial score (nSPS) is 14.9. The summed E-state index contributed by atoms with van der Waals surface area (Å²) in [4.78, 5) is 30.0. The fraction of sp³-hybridized carbons (Fsp3) is 0.214. The van der Waals surface area contributed by atoms with Crippen LogP contribution in [0.4, 0.5) is 0 Å². The average molecular weight is 488 g/mol. The number of hydrogen-bond acceptors (Lipinski definition) is 6. The van der Waals surface area contributed by atoms with E-state index < -0.39 is 6.04 Å². The third kappa shape index (κ3) is 4.06. The summed E-state index contributed by atoms with van der Waals surface area (Å²) >= 11 is 1.64. The molecule has 4 aromatic rings. The Morgan fingerprint density at radius 1 is 0.943 bits per heavy atom. The second kappa shape index (κ2) is 9.50. The summed E-state index contributed by atoms with van der Waals surface area (Å²) in [7, 11) is 3.19. The Balaban J connectivity index is 1.57. The van der Waals surface area contributed by atoms with Gasteiger partial charge in [0.05, 0.1) is 31.2 Å². The first-order valence-electron chi connectivity index (χ1n) is 11.3. The molecule has 0 aliphatic carbocycles.